The largest absolute Gasteiger partial charge is 0.527 e. The van der Waals surface area contributed by atoms with Gasteiger partial charge in [0.05, 0.1) is 7.11 Å². The number of carbonyl (C=O) groups excluding carboxylic acids is 2. The zero-order chi connectivity index (χ0) is 15.5. The van der Waals surface area contributed by atoms with Crippen LogP contribution < -0.4 is 0 Å². The van der Waals surface area contributed by atoms with Crippen LogP contribution in [0.25, 0.3) is 0 Å². The number of hydrogen-bond donors (Lipinski definition) is 1. The molecule has 1 aromatic carbocycles. The molecule has 6 nitrogen and oxygen atoms in total. The predicted molar refractivity (Wildman–Crippen MR) is 74.2 cm³/mol. The summed E-state index contributed by atoms with van der Waals surface area (Å²) in [4.78, 5) is 24.5. The van der Waals surface area contributed by atoms with Gasteiger partial charge >= 0.3 is 12.2 Å². The van der Waals surface area contributed by atoms with Crippen molar-refractivity contribution in [3.8, 4) is 0 Å². The molecule has 114 valence electrons. The number of nitrogens with zero attached hydrogens (tertiary/aromatic N) is 1. The van der Waals surface area contributed by atoms with Gasteiger partial charge < -0.3 is 14.6 Å². The fourth-order valence-corrected chi connectivity index (χ4v) is 2.74. The van der Waals surface area contributed by atoms with Crippen molar-refractivity contribution in [2.45, 2.75) is 32.1 Å². The molecule has 2 rings (SSSR count). The molecule has 0 saturated carbocycles. The second-order valence-corrected chi connectivity index (χ2v) is 5.30. The van der Waals surface area contributed by atoms with E-state index in [1.54, 1.807) is 6.92 Å². The van der Waals surface area contributed by atoms with Crippen molar-refractivity contribution in [2.75, 3.05) is 13.7 Å². The number of carbonyl (C=O) groups is 2. The molecule has 1 aliphatic heterocycles. The Morgan fingerprint density at radius 2 is 1.95 bits per heavy atom. The van der Waals surface area contributed by atoms with Gasteiger partial charge in [0.1, 0.15) is 25.3 Å². The molecule has 21 heavy (non-hydrogen) atoms. The minimum Gasteiger partial charge on any atom is -0.423 e. The smallest absolute Gasteiger partial charge is 0.423 e. The minimum absolute atomic E-state index is 0.0124. The van der Waals surface area contributed by atoms with Crippen molar-refractivity contribution in [1.29, 1.82) is 0 Å². The van der Waals surface area contributed by atoms with Gasteiger partial charge in [0.15, 0.2) is 0 Å². The number of methoxy groups -OCH3 is 1. The van der Waals surface area contributed by atoms with Crippen LogP contribution in [-0.4, -0.2) is 47.6 Å². The Balaban J connectivity index is 2.14. The number of likely N-dealkylation sites (tertiary alicyclic amines) is 1. The van der Waals surface area contributed by atoms with Crippen molar-refractivity contribution < 1.29 is 28.7 Å². The Hall–Kier alpha value is -1.92. The van der Waals surface area contributed by atoms with Gasteiger partial charge in [-0.05, 0) is 12.5 Å². The van der Waals surface area contributed by atoms with Crippen molar-refractivity contribution in [2.24, 2.45) is 0 Å². The number of amides is 2. The molecular weight excluding hydrogens is 274 g/mol. The highest BCUT2D eigenvalue weighted by Crippen LogP contribution is 2.30. The summed E-state index contributed by atoms with van der Waals surface area (Å²) in [6.45, 7) is 1.80. The molecular formula is C15H20NO5+. The third-order valence-electron chi connectivity index (χ3n) is 3.90. The zero-order valence-electron chi connectivity index (χ0n) is 12.2. The molecule has 1 heterocycles. The number of hydrogen-bond acceptors (Lipinski definition) is 5. The highest BCUT2D eigenvalue weighted by molar-refractivity contribution is 5.77. The molecule has 2 amide bonds. The van der Waals surface area contributed by atoms with E-state index in [4.69, 9.17) is 9.47 Å². The average Bonchev–Trinajstić information content (AvgIpc) is 2.80. The molecule has 1 aliphatic rings. The van der Waals surface area contributed by atoms with Gasteiger partial charge in [0, 0.05) is 6.42 Å². The standard InChI is InChI=1S/C15H20NO5/c1-11-8-13(17)9-16(11,14(18)20-2)15(19)21-10-12-6-4-3-5-7-12/h3-7,11,13,17H,8-10H2,1-2H3/q+1/t11-,13?,16?/m1/s1. The van der Waals surface area contributed by atoms with Crippen LogP contribution in [0.2, 0.25) is 0 Å². The SMILES string of the molecule is COC(=O)[N+]1(C(=O)OCc2ccccc2)CC(O)C[C@H]1C. The predicted octanol–water partition coefficient (Wildman–Crippen LogP) is 2.06. The van der Waals surface area contributed by atoms with E-state index in [9.17, 15) is 14.7 Å². The molecule has 2 unspecified atom stereocenters. The maximum absolute atomic E-state index is 12.4. The zero-order valence-corrected chi connectivity index (χ0v) is 12.2. The minimum atomic E-state index is -0.719. The molecule has 3 atom stereocenters. The molecule has 1 N–H and O–H groups in total. The average molecular weight is 294 g/mol. The van der Waals surface area contributed by atoms with Crippen molar-refractivity contribution in [3.05, 3.63) is 35.9 Å². The lowest BCUT2D eigenvalue weighted by atomic mass is 10.2. The van der Waals surface area contributed by atoms with E-state index in [0.29, 0.717) is 6.42 Å². The third-order valence-corrected chi connectivity index (χ3v) is 3.90. The summed E-state index contributed by atoms with van der Waals surface area (Å²) in [7, 11) is 1.23. The van der Waals surface area contributed by atoms with E-state index in [0.717, 1.165) is 5.56 Å². The number of ether oxygens (including phenoxy) is 2. The summed E-state index contributed by atoms with van der Waals surface area (Å²) >= 11 is 0. The molecule has 1 saturated heterocycles. The van der Waals surface area contributed by atoms with Crippen LogP contribution in [0.3, 0.4) is 0 Å². The molecule has 0 radical (unpaired) electrons. The fourth-order valence-electron chi connectivity index (χ4n) is 2.74. The summed E-state index contributed by atoms with van der Waals surface area (Å²) in [5, 5.41) is 9.78. The van der Waals surface area contributed by atoms with Crippen LogP contribution in [-0.2, 0) is 16.1 Å². The normalized spacial score (nSPS) is 28.1. The molecule has 1 fully saturated rings. The number of aliphatic hydroxyl groups excluding tert-OH is 1. The molecule has 0 aliphatic carbocycles. The number of rotatable bonds is 2. The Morgan fingerprint density at radius 1 is 1.29 bits per heavy atom. The van der Waals surface area contributed by atoms with Crippen molar-refractivity contribution in [3.63, 3.8) is 0 Å². The van der Waals surface area contributed by atoms with Crippen molar-refractivity contribution >= 4 is 12.2 Å². The van der Waals surface area contributed by atoms with Crippen LogP contribution in [0.4, 0.5) is 9.59 Å². The first-order chi connectivity index (χ1) is 10.0. The van der Waals surface area contributed by atoms with E-state index in [2.05, 4.69) is 0 Å². The summed E-state index contributed by atoms with van der Waals surface area (Å²) in [5.41, 5.74) is 0.835. The first-order valence-electron chi connectivity index (χ1n) is 6.86. The second-order valence-electron chi connectivity index (χ2n) is 5.30. The molecule has 6 heteroatoms. The Kier molecular flexibility index (Phi) is 4.59. The van der Waals surface area contributed by atoms with Crippen LogP contribution in [0, 0.1) is 0 Å². The van der Waals surface area contributed by atoms with Gasteiger partial charge in [-0.25, -0.2) is 0 Å². The fraction of sp³-hybridized carbons (Fsp3) is 0.467. The van der Waals surface area contributed by atoms with Gasteiger partial charge in [0.2, 0.25) is 0 Å². The van der Waals surface area contributed by atoms with Crippen molar-refractivity contribution in [1.82, 2.24) is 0 Å². The lowest BCUT2D eigenvalue weighted by molar-refractivity contribution is -0.797. The summed E-state index contributed by atoms with van der Waals surface area (Å²) in [6, 6.07) is 8.84. The Bertz CT molecular complexity index is 518. The second kappa shape index (κ2) is 6.24. The Morgan fingerprint density at radius 3 is 2.48 bits per heavy atom. The summed E-state index contributed by atoms with van der Waals surface area (Å²) in [6.07, 6.45) is -1.74. The van der Waals surface area contributed by atoms with Gasteiger partial charge in [-0.1, -0.05) is 30.3 Å². The van der Waals surface area contributed by atoms with E-state index in [1.807, 2.05) is 30.3 Å². The lowest BCUT2D eigenvalue weighted by Crippen LogP contribution is -2.59. The van der Waals surface area contributed by atoms with E-state index >= 15 is 0 Å². The third kappa shape index (κ3) is 2.91. The number of aliphatic hydroxyl groups is 1. The molecule has 1 aromatic rings. The van der Waals surface area contributed by atoms with E-state index in [1.165, 1.54) is 7.11 Å². The number of quaternary nitrogens is 1. The van der Waals surface area contributed by atoms with Crippen LogP contribution in [0.1, 0.15) is 18.9 Å². The van der Waals surface area contributed by atoms with Crippen LogP contribution in [0.15, 0.2) is 30.3 Å². The van der Waals surface area contributed by atoms with Gasteiger partial charge in [-0.15, -0.1) is 4.48 Å². The van der Waals surface area contributed by atoms with Crippen LogP contribution in [0.5, 0.6) is 0 Å². The lowest BCUT2D eigenvalue weighted by Gasteiger charge is -2.29. The first-order valence-corrected chi connectivity index (χ1v) is 6.86. The van der Waals surface area contributed by atoms with Crippen LogP contribution >= 0.6 is 0 Å². The maximum Gasteiger partial charge on any atom is 0.527 e. The molecule has 0 aromatic heterocycles. The highest BCUT2D eigenvalue weighted by atomic mass is 16.6. The first kappa shape index (κ1) is 15.5. The van der Waals surface area contributed by atoms with E-state index < -0.39 is 22.8 Å². The highest BCUT2D eigenvalue weighted by Gasteiger charge is 2.58. The Labute approximate surface area is 123 Å². The van der Waals surface area contributed by atoms with Gasteiger partial charge in [-0.2, -0.15) is 9.59 Å². The summed E-state index contributed by atoms with van der Waals surface area (Å²) < 4.78 is 9.41. The number of imide groups is 1. The monoisotopic (exact) mass is 294 g/mol. The number of benzene rings is 1. The maximum atomic E-state index is 12.4. The molecule has 0 spiro atoms. The topological polar surface area (TPSA) is 72.8 Å². The summed E-state index contributed by atoms with van der Waals surface area (Å²) in [5.74, 6) is 0. The van der Waals surface area contributed by atoms with Gasteiger partial charge in [0.25, 0.3) is 0 Å². The quantitative estimate of drug-likeness (QED) is 0.845. The van der Waals surface area contributed by atoms with Gasteiger partial charge in [-0.3, -0.25) is 0 Å². The molecule has 0 bridgehead atoms. The van der Waals surface area contributed by atoms with E-state index in [-0.39, 0.29) is 19.2 Å².